The molecule has 0 radical (unpaired) electrons. The lowest BCUT2D eigenvalue weighted by atomic mass is 9.93. The van der Waals surface area contributed by atoms with Crippen LogP contribution in [-0.4, -0.2) is 91.0 Å². The average Bonchev–Trinajstić information content (AvgIpc) is 2.90. The molecular formula is C17H25N5O3. The highest BCUT2D eigenvalue weighted by molar-refractivity contribution is 5.74. The Balaban J connectivity index is 1.38. The van der Waals surface area contributed by atoms with Gasteiger partial charge in [0.15, 0.2) is 0 Å². The fraction of sp³-hybridized carbons (Fsp3) is 0.706. The lowest BCUT2D eigenvalue weighted by Gasteiger charge is -2.40. The maximum Gasteiger partial charge on any atom is 0.320 e. The van der Waals surface area contributed by atoms with Gasteiger partial charge in [-0.1, -0.05) is 0 Å². The molecule has 1 aromatic rings. The number of carbonyl (C=O) groups excluding carboxylic acids is 1. The van der Waals surface area contributed by atoms with Gasteiger partial charge in [0.2, 0.25) is 5.95 Å². The largest absolute Gasteiger partial charge is 0.378 e. The van der Waals surface area contributed by atoms with Gasteiger partial charge in [0, 0.05) is 57.6 Å². The van der Waals surface area contributed by atoms with Crippen LogP contribution in [0.15, 0.2) is 18.5 Å². The first-order valence-electron chi connectivity index (χ1n) is 9.06. The number of morpholine rings is 1. The number of likely N-dealkylation sites (tertiary alicyclic amines) is 1. The number of amides is 2. The van der Waals surface area contributed by atoms with Crippen molar-refractivity contribution in [1.82, 2.24) is 19.8 Å². The van der Waals surface area contributed by atoms with Crippen molar-refractivity contribution >= 4 is 12.0 Å². The predicted octanol–water partition coefficient (Wildman–Crippen LogP) is 0.456. The zero-order chi connectivity index (χ0) is 17.1. The molecule has 25 heavy (non-hydrogen) atoms. The molecule has 3 aliphatic rings. The Morgan fingerprint density at radius 1 is 1.00 bits per heavy atom. The van der Waals surface area contributed by atoms with E-state index in [1.807, 2.05) is 15.9 Å². The number of nitrogens with zero attached hydrogens (tertiary/aromatic N) is 5. The number of hydrogen-bond donors (Lipinski definition) is 0. The molecule has 2 amide bonds. The van der Waals surface area contributed by atoms with Crippen molar-refractivity contribution in [3.05, 3.63) is 18.5 Å². The van der Waals surface area contributed by atoms with Gasteiger partial charge in [0.25, 0.3) is 0 Å². The van der Waals surface area contributed by atoms with Crippen molar-refractivity contribution < 1.29 is 14.3 Å². The van der Waals surface area contributed by atoms with Crippen molar-refractivity contribution in [2.24, 2.45) is 5.92 Å². The number of ether oxygens (including phenoxy) is 2. The van der Waals surface area contributed by atoms with Crippen molar-refractivity contribution in [3.8, 4) is 0 Å². The Bertz CT molecular complexity index is 581. The SMILES string of the molecule is O=C(N1CCOCC1)N1CC[C@H]2CN(c3ncccn3)CCO[C@H]2C1. The summed E-state index contributed by atoms with van der Waals surface area (Å²) in [5, 5.41) is 0. The highest BCUT2D eigenvalue weighted by Crippen LogP contribution is 2.26. The Morgan fingerprint density at radius 2 is 1.80 bits per heavy atom. The molecule has 8 nitrogen and oxygen atoms in total. The molecule has 0 aromatic carbocycles. The van der Waals surface area contributed by atoms with E-state index in [0.717, 1.165) is 32.0 Å². The van der Waals surface area contributed by atoms with Crippen molar-refractivity contribution in [2.45, 2.75) is 12.5 Å². The summed E-state index contributed by atoms with van der Waals surface area (Å²) in [5.41, 5.74) is 0. The van der Waals surface area contributed by atoms with Crippen LogP contribution in [0.1, 0.15) is 6.42 Å². The minimum absolute atomic E-state index is 0.0902. The second kappa shape index (κ2) is 7.53. The molecule has 2 atom stereocenters. The Hall–Kier alpha value is -1.93. The molecule has 136 valence electrons. The standard InChI is InChI=1S/C17H25N5O3/c23-17(20-6-9-24-10-7-20)22-5-2-14-12-21(8-11-25-15(14)13-22)16-18-3-1-4-19-16/h1,3-4,14-15H,2,5-13H2/t14-,15-/m0/s1. The summed E-state index contributed by atoms with van der Waals surface area (Å²) in [4.78, 5) is 27.5. The van der Waals surface area contributed by atoms with E-state index in [-0.39, 0.29) is 12.1 Å². The van der Waals surface area contributed by atoms with Gasteiger partial charge in [-0.2, -0.15) is 0 Å². The fourth-order valence-electron chi connectivity index (χ4n) is 3.82. The van der Waals surface area contributed by atoms with Gasteiger partial charge in [-0.15, -0.1) is 0 Å². The number of hydrogen-bond acceptors (Lipinski definition) is 6. The van der Waals surface area contributed by atoms with Crippen LogP contribution in [0.25, 0.3) is 0 Å². The molecule has 8 heteroatoms. The molecule has 0 N–H and O–H groups in total. The number of carbonyl (C=O) groups is 1. The van der Waals surface area contributed by atoms with Crippen LogP contribution in [0.2, 0.25) is 0 Å². The highest BCUT2D eigenvalue weighted by Gasteiger charge is 2.36. The molecule has 3 aliphatic heterocycles. The summed E-state index contributed by atoms with van der Waals surface area (Å²) in [6.07, 6.45) is 4.58. The molecule has 1 aromatic heterocycles. The van der Waals surface area contributed by atoms with E-state index in [9.17, 15) is 4.79 Å². The van der Waals surface area contributed by atoms with Gasteiger partial charge in [-0.25, -0.2) is 14.8 Å². The number of urea groups is 1. The maximum absolute atomic E-state index is 12.7. The average molecular weight is 347 g/mol. The fourth-order valence-corrected chi connectivity index (χ4v) is 3.82. The summed E-state index contributed by atoms with van der Waals surface area (Å²) in [7, 11) is 0. The first-order chi connectivity index (χ1) is 12.3. The minimum atomic E-state index is 0.0902. The van der Waals surface area contributed by atoms with Crippen LogP contribution in [0, 0.1) is 5.92 Å². The third-order valence-corrected chi connectivity index (χ3v) is 5.23. The van der Waals surface area contributed by atoms with E-state index >= 15 is 0 Å². The Morgan fingerprint density at radius 3 is 2.60 bits per heavy atom. The normalized spacial score (nSPS) is 27.6. The summed E-state index contributed by atoms with van der Waals surface area (Å²) in [5.74, 6) is 1.17. The van der Waals surface area contributed by atoms with Crippen LogP contribution in [0.4, 0.5) is 10.7 Å². The smallest absolute Gasteiger partial charge is 0.320 e. The van der Waals surface area contributed by atoms with Crippen molar-refractivity contribution in [2.75, 3.05) is 64.0 Å². The molecule has 3 saturated heterocycles. The molecule has 4 heterocycles. The summed E-state index contributed by atoms with van der Waals surface area (Å²) >= 11 is 0. The van der Waals surface area contributed by atoms with Crippen LogP contribution in [0.3, 0.4) is 0 Å². The molecular weight excluding hydrogens is 322 g/mol. The third-order valence-electron chi connectivity index (χ3n) is 5.23. The lowest BCUT2D eigenvalue weighted by Crippen LogP contribution is -2.54. The number of aromatic nitrogens is 2. The molecule has 0 aliphatic carbocycles. The van der Waals surface area contributed by atoms with E-state index in [0.29, 0.717) is 45.4 Å². The van der Waals surface area contributed by atoms with Crippen molar-refractivity contribution in [1.29, 1.82) is 0 Å². The summed E-state index contributed by atoms with van der Waals surface area (Å²) in [6, 6.07) is 1.95. The second-order valence-electron chi connectivity index (χ2n) is 6.78. The quantitative estimate of drug-likeness (QED) is 0.735. The Kier molecular flexibility index (Phi) is 4.98. The molecule has 0 spiro atoms. The van der Waals surface area contributed by atoms with Gasteiger partial charge in [-0.3, -0.25) is 0 Å². The first kappa shape index (κ1) is 16.5. The second-order valence-corrected chi connectivity index (χ2v) is 6.78. The molecule has 0 unspecified atom stereocenters. The van der Waals surface area contributed by atoms with E-state index in [1.54, 1.807) is 12.4 Å². The van der Waals surface area contributed by atoms with E-state index in [1.165, 1.54) is 0 Å². The molecule has 4 rings (SSSR count). The monoisotopic (exact) mass is 347 g/mol. The number of anilines is 1. The van der Waals surface area contributed by atoms with Gasteiger partial charge in [0.05, 0.1) is 25.9 Å². The van der Waals surface area contributed by atoms with Gasteiger partial charge >= 0.3 is 6.03 Å². The topological polar surface area (TPSA) is 71.0 Å². The maximum atomic E-state index is 12.7. The number of rotatable bonds is 1. The third kappa shape index (κ3) is 3.69. The Labute approximate surface area is 147 Å². The van der Waals surface area contributed by atoms with E-state index in [2.05, 4.69) is 14.9 Å². The van der Waals surface area contributed by atoms with Crippen LogP contribution < -0.4 is 4.90 Å². The zero-order valence-electron chi connectivity index (χ0n) is 14.4. The zero-order valence-corrected chi connectivity index (χ0v) is 14.4. The van der Waals surface area contributed by atoms with E-state index in [4.69, 9.17) is 9.47 Å². The van der Waals surface area contributed by atoms with Gasteiger partial charge in [-0.05, 0) is 12.5 Å². The van der Waals surface area contributed by atoms with Crippen LogP contribution in [0.5, 0.6) is 0 Å². The van der Waals surface area contributed by atoms with Crippen molar-refractivity contribution in [3.63, 3.8) is 0 Å². The van der Waals surface area contributed by atoms with Gasteiger partial charge in [0.1, 0.15) is 0 Å². The predicted molar refractivity (Wildman–Crippen MR) is 91.5 cm³/mol. The molecule has 0 saturated carbocycles. The number of fused-ring (bicyclic) bond motifs is 1. The first-order valence-corrected chi connectivity index (χ1v) is 9.06. The highest BCUT2D eigenvalue weighted by atomic mass is 16.5. The summed E-state index contributed by atoms with van der Waals surface area (Å²) in [6.45, 7) is 6.39. The summed E-state index contributed by atoms with van der Waals surface area (Å²) < 4.78 is 11.4. The van der Waals surface area contributed by atoms with Crippen LogP contribution >= 0.6 is 0 Å². The van der Waals surface area contributed by atoms with E-state index < -0.39 is 0 Å². The molecule has 0 bridgehead atoms. The van der Waals surface area contributed by atoms with Crippen LogP contribution in [-0.2, 0) is 9.47 Å². The van der Waals surface area contributed by atoms with Gasteiger partial charge < -0.3 is 24.2 Å². The minimum Gasteiger partial charge on any atom is -0.378 e. The molecule has 3 fully saturated rings. The lowest BCUT2D eigenvalue weighted by molar-refractivity contribution is -0.0200. The number of piperidine rings is 1.